The Morgan fingerprint density at radius 1 is 1.31 bits per heavy atom. The molecule has 0 spiro atoms. The monoisotopic (exact) mass is 478 g/mol. The minimum absolute atomic E-state index is 0.129. The fourth-order valence-corrected chi connectivity index (χ4v) is 3.71. The van der Waals surface area contributed by atoms with E-state index in [2.05, 4.69) is 22.1 Å². The molecule has 1 aromatic carbocycles. The van der Waals surface area contributed by atoms with Gasteiger partial charge in [-0.15, -0.1) is 0 Å². The molecule has 3 atom stereocenters. The second-order valence-electron chi connectivity index (χ2n) is 9.30. The summed E-state index contributed by atoms with van der Waals surface area (Å²) in [6.07, 6.45) is 1.16. The number of urea groups is 1. The number of rotatable bonds is 5. The van der Waals surface area contributed by atoms with Gasteiger partial charge in [-0.05, 0) is 25.1 Å². The number of nitrogens with zero attached hydrogens (tertiary/aromatic N) is 3. The number of nitrogens with one attached hydrogen (secondary N) is 1. The van der Waals surface area contributed by atoms with Gasteiger partial charge >= 0.3 is 6.03 Å². The lowest BCUT2D eigenvalue weighted by atomic mass is 10.00. The van der Waals surface area contributed by atoms with Crippen molar-refractivity contribution in [3.05, 3.63) is 53.7 Å². The number of carbonyl (C=O) groups excluding carboxylic acids is 2. The van der Waals surface area contributed by atoms with E-state index >= 15 is 0 Å². The summed E-state index contributed by atoms with van der Waals surface area (Å²) in [7, 11) is 1.70. The normalized spacial score (nSPS) is 18.4. The summed E-state index contributed by atoms with van der Waals surface area (Å²) in [6, 6.07) is 10.3. The maximum Gasteiger partial charge on any atom is 0.321 e. The maximum atomic E-state index is 13.4. The Morgan fingerprint density at radius 3 is 2.69 bits per heavy atom. The third-order valence-electron chi connectivity index (χ3n) is 5.85. The lowest BCUT2D eigenvalue weighted by Crippen LogP contribution is -2.50. The molecule has 0 radical (unpaired) electrons. The van der Waals surface area contributed by atoms with Gasteiger partial charge in [-0.25, -0.2) is 9.78 Å². The average molecular weight is 479 g/mol. The average Bonchev–Trinajstić information content (AvgIpc) is 2.84. The molecule has 0 bridgehead atoms. The van der Waals surface area contributed by atoms with Gasteiger partial charge in [0.2, 0.25) is 5.88 Å². The molecule has 2 N–H and O–H groups in total. The van der Waals surface area contributed by atoms with Crippen molar-refractivity contribution in [2.45, 2.75) is 39.8 Å². The number of para-hydroxylation sites is 1. The van der Waals surface area contributed by atoms with Gasteiger partial charge in [-0.2, -0.15) is 0 Å². The van der Waals surface area contributed by atoms with Crippen molar-refractivity contribution in [2.75, 3.05) is 32.1 Å². The number of benzene rings is 1. The van der Waals surface area contributed by atoms with Crippen molar-refractivity contribution in [1.82, 2.24) is 14.8 Å². The predicted molar refractivity (Wildman–Crippen MR) is 135 cm³/mol. The summed E-state index contributed by atoms with van der Waals surface area (Å²) in [6.45, 7) is 8.22. The minimum atomic E-state index is -0.429. The van der Waals surface area contributed by atoms with Crippen molar-refractivity contribution >= 4 is 17.6 Å². The van der Waals surface area contributed by atoms with Gasteiger partial charge in [0.25, 0.3) is 5.91 Å². The van der Waals surface area contributed by atoms with Crippen LogP contribution in [0.1, 0.15) is 43.6 Å². The molecule has 0 aliphatic carbocycles. The van der Waals surface area contributed by atoms with Crippen LogP contribution in [0.4, 0.5) is 10.5 Å². The lowest BCUT2D eigenvalue weighted by molar-refractivity contribution is 0.0356. The van der Waals surface area contributed by atoms with E-state index < -0.39 is 6.10 Å². The first-order valence-corrected chi connectivity index (χ1v) is 11.9. The number of aromatic nitrogens is 1. The van der Waals surface area contributed by atoms with E-state index in [4.69, 9.17) is 4.74 Å². The van der Waals surface area contributed by atoms with Crippen molar-refractivity contribution in [3.63, 3.8) is 0 Å². The van der Waals surface area contributed by atoms with E-state index in [1.54, 1.807) is 36.0 Å². The predicted octanol–water partition coefficient (Wildman–Crippen LogP) is 3.47. The molecule has 186 valence electrons. The Bertz CT molecular complexity index is 1090. The van der Waals surface area contributed by atoms with Crippen molar-refractivity contribution in [1.29, 1.82) is 0 Å². The van der Waals surface area contributed by atoms with Gasteiger partial charge in [0.15, 0.2) is 0 Å². The third kappa shape index (κ3) is 6.74. The lowest BCUT2D eigenvalue weighted by Gasteiger charge is -2.37. The molecular weight excluding hydrogens is 444 g/mol. The summed E-state index contributed by atoms with van der Waals surface area (Å²) in [5.74, 6) is 6.12. The molecule has 3 amide bonds. The number of hydrogen-bond acceptors (Lipinski definition) is 5. The number of pyridine rings is 1. The van der Waals surface area contributed by atoms with Crippen LogP contribution in [0.2, 0.25) is 0 Å². The number of anilines is 1. The van der Waals surface area contributed by atoms with Gasteiger partial charge in [0.1, 0.15) is 11.7 Å². The highest BCUT2D eigenvalue weighted by molar-refractivity contribution is 5.97. The van der Waals surface area contributed by atoms with Gasteiger partial charge in [0.05, 0.1) is 19.2 Å². The summed E-state index contributed by atoms with van der Waals surface area (Å²) in [5.41, 5.74) is 1.62. The van der Waals surface area contributed by atoms with E-state index in [0.29, 0.717) is 23.4 Å². The second kappa shape index (κ2) is 11.7. The molecule has 1 aliphatic heterocycles. The van der Waals surface area contributed by atoms with Crippen molar-refractivity contribution < 1.29 is 19.4 Å². The fourth-order valence-electron chi connectivity index (χ4n) is 3.71. The summed E-state index contributed by atoms with van der Waals surface area (Å²) < 4.78 is 6.24. The number of fused-ring (bicyclic) bond motifs is 1. The highest BCUT2D eigenvalue weighted by Gasteiger charge is 2.34. The number of aliphatic hydroxyl groups is 1. The molecule has 1 aromatic heterocycles. The van der Waals surface area contributed by atoms with Crippen LogP contribution in [0, 0.1) is 23.7 Å². The molecule has 35 heavy (non-hydrogen) atoms. The largest absolute Gasteiger partial charge is 0.472 e. The highest BCUT2D eigenvalue weighted by atomic mass is 16.5. The van der Waals surface area contributed by atoms with Crippen LogP contribution >= 0.6 is 0 Å². The van der Waals surface area contributed by atoms with Crippen LogP contribution in [0.25, 0.3) is 0 Å². The fraction of sp³-hybridized carbons (Fsp3) is 0.444. The van der Waals surface area contributed by atoms with Gasteiger partial charge in [-0.1, -0.05) is 50.8 Å². The van der Waals surface area contributed by atoms with E-state index in [1.165, 1.54) is 0 Å². The Morgan fingerprint density at radius 2 is 2.03 bits per heavy atom. The third-order valence-corrected chi connectivity index (χ3v) is 5.85. The molecule has 0 saturated heterocycles. The second-order valence-corrected chi connectivity index (χ2v) is 9.30. The number of likely N-dealkylation sites (N-methyl/N-ethyl adjacent to an activating group) is 1. The Balaban J connectivity index is 1.89. The zero-order chi connectivity index (χ0) is 25.5. The van der Waals surface area contributed by atoms with E-state index in [9.17, 15) is 14.7 Å². The molecule has 1 aliphatic rings. The maximum absolute atomic E-state index is 13.4. The minimum Gasteiger partial charge on any atom is -0.472 e. The Hall–Kier alpha value is -3.57. The van der Waals surface area contributed by atoms with Crippen LogP contribution in [0.15, 0.2) is 42.6 Å². The van der Waals surface area contributed by atoms with Gasteiger partial charge in [0, 0.05) is 42.9 Å². The molecule has 0 saturated carbocycles. The number of hydrogen-bond donors (Lipinski definition) is 2. The number of carbonyl (C=O) groups is 2. The quantitative estimate of drug-likeness (QED) is 0.642. The molecular formula is C27H34N4O4. The molecule has 8 nitrogen and oxygen atoms in total. The van der Waals surface area contributed by atoms with Crippen molar-refractivity contribution in [3.8, 4) is 17.7 Å². The molecule has 2 aromatic rings. The van der Waals surface area contributed by atoms with Crippen LogP contribution in [0.3, 0.4) is 0 Å². The molecule has 0 fully saturated rings. The topological polar surface area (TPSA) is 95.0 Å². The first-order valence-electron chi connectivity index (χ1n) is 11.9. The molecule has 2 heterocycles. The van der Waals surface area contributed by atoms with Crippen LogP contribution in [0.5, 0.6) is 5.88 Å². The number of ether oxygens (including phenoxy) is 1. The Labute approximate surface area is 207 Å². The summed E-state index contributed by atoms with van der Waals surface area (Å²) in [5, 5.41) is 12.7. The smallest absolute Gasteiger partial charge is 0.321 e. The molecule has 3 rings (SSSR count). The molecule has 0 unspecified atom stereocenters. The van der Waals surface area contributed by atoms with Gasteiger partial charge < -0.3 is 25.0 Å². The highest BCUT2D eigenvalue weighted by Crippen LogP contribution is 2.27. The van der Waals surface area contributed by atoms with Crippen molar-refractivity contribution in [2.24, 2.45) is 11.8 Å². The van der Waals surface area contributed by atoms with E-state index in [1.807, 2.05) is 51.1 Å². The Kier molecular flexibility index (Phi) is 8.72. The first kappa shape index (κ1) is 26.0. The SMILES string of the molecule is CC(C)C#Cc1cnc2c(c1)C(=O)N([C@@H](C)CO)C[C@H](C)[C@@H](CN(C)C(=O)Nc1ccccc1)O2. The summed E-state index contributed by atoms with van der Waals surface area (Å²) in [4.78, 5) is 33.8. The standard InChI is InChI=1S/C27H34N4O4/c1-18(2)11-12-21-13-23-25(28-14-21)35-24(19(3)15-31(26(23)33)20(4)17-32)16-30(5)27(34)29-22-9-7-6-8-10-22/h6-10,13-14,18-20,24,32H,15-17H2,1-5H3,(H,29,34)/t19-,20-,24+/m0/s1. The van der Waals surface area contributed by atoms with Crippen LogP contribution in [-0.4, -0.2) is 70.7 Å². The number of amides is 3. The number of aliphatic hydroxyl groups excluding tert-OH is 1. The zero-order valence-corrected chi connectivity index (χ0v) is 21.0. The van der Waals surface area contributed by atoms with E-state index in [-0.39, 0.29) is 48.8 Å². The van der Waals surface area contributed by atoms with E-state index in [0.717, 1.165) is 0 Å². The zero-order valence-electron chi connectivity index (χ0n) is 21.0. The molecule has 8 heteroatoms. The summed E-state index contributed by atoms with van der Waals surface area (Å²) >= 11 is 0. The van der Waals surface area contributed by atoms with Gasteiger partial charge in [-0.3, -0.25) is 4.79 Å². The first-order chi connectivity index (χ1) is 16.7. The van der Waals surface area contributed by atoms with Crippen LogP contribution < -0.4 is 10.1 Å². The van der Waals surface area contributed by atoms with Crippen LogP contribution in [-0.2, 0) is 0 Å².